The van der Waals surface area contributed by atoms with Gasteiger partial charge in [-0.2, -0.15) is 12.6 Å². The zero-order chi connectivity index (χ0) is 16.4. The number of rotatable bonds is 8. The summed E-state index contributed by atoms with van der Waals surface area (Å²) >= 11 is 3.85. The number of alkyl carbamates (subject to hydrolysis) is 1. The second kappa shape index (κ2) is 10.3. The van der Waals surface area contributed by atoms with Gasteiger partial charge in [-0.3, -0.25) is 4.79 Å². The molecule has 3 N–H and O–H groups in total. The number of carboxylic acids is 1. The Hall–Kier alpha value is -1.44. The van der Waals surface area contributed by atoms with Crippen molar-refractivity contribution in [1.29, 1.82) is 0 Å². The highest BCUT2D eigenvalue weighted by atomic mass is 32.1. The summed E-state index contributed by atoms with van der Waals surface area (Å²) in [5.41, 5.74) is 0. The number of amides is 2. The molecule has 0 spiro atoms. The van der Waals surface area contributed by atoms with Gasteiger partial charge in [0.25, 0.3) is 0 Å². The SMILES string of the molecule is O=C(CCNC(=O)OCC1CCCCC1)NC(CS)C(=O)O. The Morgan fingerprint density at radius 1 is 1.23 bits per heavy atom. The topological polar surface area (TPSA) is 105 Å². The number of hydrogen-bond acceptors (Lipinski definition) is 5. The predicted octanol–water partition coefficient (Wildman–Crippen LogP) is 1.18. The third-order valence-corrected chi connectivity index (χ3v) is 3.98. The molecule has 0 radical (unpaired) electrons. The lowest BCUT2D eigenvalue weighted by molar-refractivity contribution is -0.141. The van der Waals surface area contributed by atoms with Crippen molar-refractivity contribution < 1.29 is 24.2 Å². The largest absolute Gasteiger partial charge is 0.480 e. The van der Waals surface area contributed by atoms with Gasteiger partial charge >= 0.3 is 12.1 Å². The molecule has 22 heavy (non-hydrogen) atoms. The third-order valence-electron chi connectivity index (χ3n) is 3.61. The molecule has 1 fully saturated rings. The van der Waals surface area contributed by atoms with Crippen LogP contribution in [0.5, 0.6) is 0 Å². The first-order valence-electron chi connectivity index (χ1n) is 7.56. The molecule has 0 heterocycles. The van der Waals surface area contributed by atoms with Crippen molar-refractivity contribution in [3.8, 4) is 0 Å². The molecule has 0 aromatic heterocycles. The predicted molar refractivity (Wildman–Crippen MR) is 84.0 cm³/mol. The molecule has 0 aliphatic heterocycles. The fourth-order valence-electron chi connectivity index (χ4n) is 2.33. The molecule has 1 rings (SSSR count). The van der Waals surface area contributed by atoms with Gasteiger partial charge in [-0.05, 0) is 18.8 Å². The van der Waals surface area contributed by atoms with Crippen LogP contribution < -0.4 is 10.6 Å². The molecule has 126 valence electrons. The molecule has 0 aromatic carbocycles. The summed E-state index contributed by atoms with van der Waals surface area (Å²) in [6.45, 7) is 0.521. The Bertz CT molecular complexity index is 385. The van der Waals surface area contributed by atoms with Crippen molar-refractivity contribution in [2.45, 2.75) is 44.6 Å². The number of hydrogen-bond donors (Lipinski definition) is 4. The minimum atomic E-state index is -1.14. The maximum absolute atomic E-state index is 11.5. The van der Waals surface area contributed by atoms with E-state index in [-0.39, 0.29) is 18.7 Å². The molecule has 1 aliphatic carbocycles. The maximum atomic E-state index is 11.5. The lowest BCUT2D eigenvalue weighted by atomic mass is 9.90. The average Bonchev–Trinajstić information content (AvgIpc) is 2.51. The highest BCUT2D eigenvalue weighted by molar-refractivity contribution is 7.80. The summed E-state index contributed by atoms with van der Waals surface area (Å²) in [6.07, 6.45) is 5.27. The van der Waals surface area contributed by atoms with E-state index in [1.54, 1.807) is 0 Å². The van der Waals surface area contributed by atoms with Crippen LogP contribution in [0.1, 0.15) is 38.5 Å². The highest BCUT2D eigenvalue weighted by Gasteiger charge is 2.18. The van der Waals surface area contributed by atoms with Crippen molar-refractivity contribution in [3.05, 3.63) is 0 Å². The van der Waals surface area contributed by atoms with Crippen LogP contribution in [0.2, 0.25) is 0 Å². The Balaban J connectivity index is 2.10. The Labute approximate surface area is 135 Å². The Morgan fingerprint density at radius 3 is 2.50 bits per heavy atom. The van der Waals surface area contributed by atoms with Crippen LogP contribution in [-0.2, 0) is 14.3 Å². The van der Waals surface area contributed by atoms with Gasteiger partial charge in [0.1, 0.15) is 6.04 Å². The molecule has 0 bridgehead atoms. The van der Waals surface area contributed by atoms with E-state index in [1.807, 2.05) is 0 Å². The number of nitrogens with one attached hydrogen (secondary N) is 2. The van der Waals surface area contributed by atoms with Gasteiger partial charge in [-0.15, -0.1) is 0 Å². The molecule has 8 heteroatoms. The summed E-state index contributed by atoms with van der Waals surface area (Å²) < 4.78 is 5.12. The van der Waals surface area contributed by atoms with Gasteiger partial charge in [0.2, 0.25) is 5.91 Å². The second-order valence-corrected chi connectivity index (χ2v) is 5.79. The molecule has 1 saturated carbocycles. The number of carbonyl (C=O) groups excluding carboxylic acids is 2. The number of thiol groups is 1. The zero-order valence-electron chi connectivity index (χ0n) is 12.5. The molecular formula is C14H24N2O5S. The van der Waals surface area contributed by atoms with E-state index in [9.17, 15) is 14.4 Å². The van der Waals surface area contributed by atoms with E-state index in [0.29, 0.717) is 12.5 Å². The van der Waals surface area contributed by atoms with E-state index in [2.05, 4.69) is 23.3 Å². The highest BCUT2D eigenvalue weighted by Crippen LogP contribution is 2.23. The Morgan fingerprint density at radius 2 is 1.91 bits per heavy atom. The van der Waals surface area contributed by atoms with Gasteiger partial charge in [-0.25, -0.2) is 9.59 Å². The second-order valence-electron chi connectivity index (χ2n) is 5.42. The van der Waals surface area contributed by atoms with Crippen molar-refractivity contribution in [3.63, 3.8) is 0 Å². The lowest BCUT2D eigenvalue weighted by Gasteiger charge is -2.21. The van der Waals surface area contributed by atoms with Gasteiger partial charge in [0, 0.05) is 18.7 Å². The summed E-state index contributed by atoms with van der Waals surface area (Å²) in [5.74, 6) is -1.13. The van der Waals surface area contributed by atoms with E-state index in [1.165, 1.54) is 19.3 Å². The first-order chi connectivity index (χ1) is 10.5. The quantitative estimate of drug-likeness (QED) is 0.500. The van der Waals surface area contributed by atoms with Crippen LogP contribution in [-0.4, -0.2) is 48.0 Å². The minimum Gasteiger partial charge on any atom is -0.480 e. The van der Waals surface area contributed by atoms with Gasteiger partial charge in [0.05, 0.1) is 6.61 Å². The minimum absolute atomic E-state index is 0.00388. The van der Waals surface area contributed by atoms with Crippen LogP contribution >= 0.6 is 12.6 Å². The Kier molecular flexibility index (Phi) is 8.72. The molecule has 1 aliphatic rings. The van der Waals surface area contributed by atoms with Gasteiger partial charge in [0.15, 0.2) is 0 Å². The maximum Gasteiger partial charge on any atom is 0.407 e. The van der Waals surface area contributed by atoms with Crippen LogP contribution in [0.15, 0.2) is 0 Å². The summed E-state index contributed by atoms with van der Waals surface area (Å²) in [6, 6.07) is -1.02. The average molecular weight is 332 g/mol. The molecule has 1 atom stereocenters. The smallest absolute Gasteiger partial charge is 0.407 e. The molecular weight excluding hydrogens is 308 g/mol. The normalized spacial score (nSPS) is 16.6. The van der Waals surface area contributed by atoms with E-state index < -0.39 is 24.0 Å². The summed E-state index contributed by atoms with van der Waals surface area (Å²) in [7, 11) is 0. The van der Waals surface area contributed by atoms with Crippen LogP contribution in [0.25, 0.3) is 0 Å². The molecule has 0 aromatic rings. The number of carbonyl (C=O) groups is 3. The fraction of sp³-hybridized carbons (Fsp3) is 0.786. The van der Waals surface area contributed by atoms with Crippen LogP contribution in [0.3, 0.4) is 0 Å². The van der Waals surface area contributed by atoms with Gasteiger partial charge < -0.3 is 20.5 Å². The lowest BCUT2D eigenvalue weighted by Crippen LogP contribution is -2.43. The molecule has 7 nitrogen and oxygen atoms in total. The molecule has 2 amide bonds. The summed E-state index contributed by atoms with van der Waals surface area (Å²) in [5, 5.41) is 13.6. The molecule has 1 unspecified atom stereocenters. The first kappa shape index (κ1) is 18.6. The van der Waals surface area contributed by atoms with Crippen molar-refractivity contribution >= 4 is 30.6 Å². The van der Waals surface area contributed by atoms with Crippen LogP contribution in [0.4, 0.5) is 4.79 Å². The first-order valence-corrected chi connectivity index (χ1v) is 8.19. The zero-order valence-corrected chi connectivity index (χ0v) is 13.4. The van der Waals surface area contributed by atoms with Crippen molar-refractivity contribution in [1.82, 2.24) is 10.6 Å². The van der Waals surface area contributed by atoms with E-state index in [0.717, 1.165) is 12.8 Å². The standard InChI is InChI=1S/C14H24N2O5S/c17-12(16-11(9-22)13(18)19)6-7-15-14(20)21-8-10-4-2-1-3-5-10/h10-11,22H,1-9H2,(H,15,20)(H,16,17)(H,18,19). The van der Waals surface area contributed by atoms with Gasteiger partial charge in [-0.1, -0.05) is 19.3 Å². The number of ether oxygens (including phenoxy) is 1. The monoisotopic (exact) mass is 332 g/mol. The van der Waals surface area contributed by atoms with Crippen molar-refractivity contribution in [2.75, 3.05) is 18.9 Å². The molecule has 0 saturated heterocycles. The summed E-state index contributed by atoms with van der Waals surface area (Å²) in [4.78, 5) is 33.7. The van der Waals surface area contributed by atoms with Crippen LogP contribution in [0, 0.1) is 5.92 Å². The fourth-order valence-corrected chi connectivity index (χ4v) is 2.58. The number of carboxylic acid groups (broad SMARTS) is 1. The third kappa shape index (κ3) is 7.53. The number of aliphatic carboxylic acids is 1. The van der Waals surface area contributed by atoms with E-state index >= 15 is 0 Å². The van der Waals surface area contributed by atoms with E-state index in [4.69, 9.17) is 9.84 Å². The van der Waals surface area contributed by atoms with Crippen molar-refractivity contribution in [2.24, 2.45) is 5.92 Å².